The van der Waals surface area contributed by atoms with E-state index in [1.54, 1.807) is 12.1 Å². The van der Waals surface area contributed by atoms with Crippen molar-refractivity contribution in [3.05, 3.63) is 132 Å². The van der Waals surface area contributed by atoms with Crippen molar-refractivity contribution in [2.45, 2.75) is 32.6 Å². The molecule has 0 spiro atoms. The number of primary amides is 1. The number of amides is 5. The average molecular weight is 710 g/mol. The first-order chi connectivity index (χ1) is 25.2. The van der Waals surface area contributed by atoms with E-state index in [0.717, 1.165) is 16.7 Å². The van der Waals surface area contributed by atoms with Crippen LogP contribution >= 0.6 is 0 Å². The molecular formula is C39H47N7O6. The summed E-state index contributed by atoms with van der Waals surface area (Å²) in [5.74, 6) is -2.01. The van der Waals surface area contributed by atoms with Crippen LogP contribution in [0.25, 0.3) is 0 Å². The molecule has 0 unspecified atom stereocenters. The van der Waals surface area contributed by atoms with Crippen molar-refractivity contribution >= 4 is 29.5 Å². The molecule has 1 heterocycles. The Hall–Kier alpha value is -5.79. The van der Waals surface area contributed by atoms with Crippen molar-refractivity contribution in [3.8, 4) is 0 Å². The van der Waals surface area contributed by atoms with E-state index in [1.807, 2.05) is 91.0 Å². The van der Waals surface area contributed by atoms with E-state index >= 15 is 0 Å². The Bertz CT molecular complexity index is 1700. The third kappa shape index (κ3) is 13.2. The topological polar surface area (TPSA) is 176 Å². The molecule has 52 heavy (non-hydrogen) atoms. The monoisotopic (exact) mass is 709 g/mol. The number of carbonyl (C=O) groups is 5. The number of carbonyl (C=O) groups excluding carboxylic acids is 5. The van der Waals surface area contributed by atoms with Crippen LogP contribution < -0.4 is 16.8 Å². The van der Waals surface area contributed by atoms with E-state index in [-0.39, 0.29) is 71.4 Å². The summed E-state index contributed by atoms with van der Waals surface area (Å²) in [4.78, 5) is 72.4. The number of nitrogens with zero attached hydrogens (tertiary/aromatic N) is 4. The lowest BCUT2D eigenvalue weighted by Crippen LogP contribution is -2.50. The fourth-order valence-corrected chi connectivity index (χ4v) is 5.47. The molecule has 1 aromatic heterocycles. The molecule has 0 aliphatic heterocycles. The molecule has 0 atom stereocenters. The van der Waals surface area contributed by atoms with Crippen LogP contribution in [0.3, 0.4) is 0 Å². The molecule has 0 saturated heterocycles. The maximum Gasteiger partial charge on any atom is 0.243 e. The predicted molar refractivity (Wildman–Crippen MR) is 195 cm³/mol. The van der Waals surface area contributed by atoms with Gasteiger partial charge in [-0.25, -0.2) is 0 Å². The third-order valence-electron chi connectivity index (χ3n) is 8.18. The quantitative estimate of drug-likeness (QED) is 0.118. The summed E-state index contributed by atoms with van der Waals surface area (Å²) in [6.45, 7) is -0.221. The number of furan rings is 1. The molecule has 5 amide bonds. The smallest absolute Gasteiger partial charge is 0.243 e. The molecule has 0 aliphatic rings. The number of hydrogen-bond acceptors (Lipinski definition) is 8. The van der Waals surface area contributed by atoms with Crippen molar-refractivity contribution in [3.63, 3.8) is 0 Å². The Morgan fingerprint density at radius 3 is 1.54 bits per heavy atom. The van der Waals surface area contributed by atoms with Gasteiger partial charge in [0.2, 0.25) is 29.5 Å². The van der Waals surface area contributed by atoms with Gasteiger partial charge in [-0.05, 0) is 41.8 Å². The normalized spacial score (nSPS) is 10.7. The van der Waals surface area contributed by atoms with Crippen LogP contribution in [0.5, 0.6) is 0 Å². The molecular weight excluding hydrogens is 662 g/mol. The van der Waals surface area contributed by atoms with Crippen molar-refractivity contribution in [1.29, 1.82) is 0 Å². The average Bonchev–Trinajstić information content (AvgIpc) is 3.66. The summed E-state index contributed by atoms with van der Waals surface area (Å²) in [5, 5.41) is 3.16. The highest BCUT2D eigenvalue weighted by Crippen LogP contribution is 2.12. The van der Waals surface area contributed by atoms with Crippen LogP contribution in [0.2, 0.25) is 0 Å². The zero-order valence-corrected chi connectivity index (χ0v) is 29.3. The maximum absolute atomic E-state index is 14.0. The van der Waals surface area contributed by atoms with Gasteiger partial charge in [-0.15, -0.1) is 0 Å². The lowest BCUT2D eigenvalue weighted by atomic mass is 10.2. The fraction of sp³-hybridized carbons (Fsp3) is 0.308. The van der Waals surface area contributed by atoms with Crippen LogP contribution in [0, 0.1) is 0 Å². The summed E-state index contributed by atoms with van der Waals surface area (Å²) in [6, 6.07) is 31.5. The number of nitrogens with one attached hydrogen (secondary N) is 1. The largest absolute Gasteiger partial charge is 0.467 e. The number of rotatable bonds is 21. The molecule has 0 aliphatic carbocycles. The van der Waals surface area contributed by atoms with E-state index in [4.69, 9.17) is 15.9 Å². The van der Waals surface area contributed by atoms with E-state index in [9.17, 15) is 24.0 Å². The Labute approximate surface area is 304 Å². The van der Waals surface area contributed by atoms with Gasteiger partial charge in [-0.3, -0.25) is 24.0 Å². The molecule has 0 radical (unpaired) electrons. The number of hydrogen-bond donors (Lipinski definition) is 3. The highest BCUT2D eigenvalue weighted by atomic mass is 16.3. The van der Waals surface area contributed by atoms with Gasteiger partial charge in [0.05, 0.1) is 32.4 Å². The first kappa shape index (κ1) is 39.0. The Morgan fingerprint density at radius 2 is 1.04 bits per heavy atom. The van der Waals surface area contributed by atoms with Gasteiger partial charge >= 0.3 is 0 Å². The molecule has 274 valence electrons. The van der Waals surface area contributed by atoms with Gasteiger partial charge in [0.1, 0.15) is 18.8 Å². The lowest BCUT2D eigenvalue weighted by molar-refractivity contribution is -0.147. The second kappa shape index (κ2) is 20.8. The minimum atomic E-state index is -0.718. The minimum Gasteiger partial charge on any atom is -0.467 e. The Morgan fingerprint density at radius 1 is 0.558 bits per heavy atom. The second-order valence-corrected chi connectivity index (χ2v) is 12.3. The van der Waals surface area contributed by atoms with Crippen molar-refractivity contribution in [2.75, 3.05) is 45.8 Å². The summed E-state index contributed by atoms with van der Waals surface area (Å²) >= 11 is 0. The predicted octanol–water partition coefficient (Wildman–Crippen LogP) is 2.12. The van der Waals surface area contributed by atoms with Crippen molar-refractivity contribution in [2.24, 2.45) is 11.5 Å². The minimum absolute atomic E-state index is 0.00348. The van der Waals surface area contributed by atoms with Crippen molar-refractivity contribution in [1.82, 2.24) is 24.9 Å². The van der Waals surface area contributed by atoms with E-state index < -0.39 is 23.6 Å². The van der Waals surface area contributed by atoms with Crippen molar-refractivity contribution < 1.29 is 28.4 Å². The number of nitrogens with two attached hydrogens (primary N) is 2. The summed E-state index contributed by atoms with van der Waals surface area (Å²) < 4.78 is 5.38. The zero-order valence-electron chi connectivity index (χ0n) is 29.3. The van der Waals surface area contributed by atoms with Gasteiger partial charge in [0.25, 0.3) is 0 Å². The van der Waals surface area contributed by atoms with E-state index in [0.29, 0.717) is 18.7 Å². The first-order valence-corrected chi connectivity index (χ1v) is 17.2. The van der Waals surface area contributed by atoms with E-state index in [1.165, 1.54) is 25.9 Å². The van der Waals surface area contributed by atoms with Gasteiger partial charge in [-0.2, -0.15) is 0 Å². The summed E-state index contributed by atoms with van der Waals surface area (Å²) in [5.41, 5.74) is 13.9. The summed E-state index contributed by atoms with van der Waals surface area (Å²) in [6.07, 6.45) is 1.87. The number of benzene rings is 3. The standard InChI is InChI=1S/C39H47N7O6/c40-19-11-20-43(37(49)29-44(24-32-14-6-2-7-15-32)36(48)23-42-22-31-12-4-1-5-13-31)28-38(50)45(25-33-16-8-3-9-17-33)30-39(51)46(27-35(41)47)26-34-18-10-21-52-34/h1-10,12-18,21,42H,11,19-20,22-30,40H2,(H2,41,47). The van der Waals surface area contributed by atoms with Gasteiger partial charge in [-0.1, -0.05) is 91.0 Å². The molecule has 13 heteroatoms. The fourth-order valence-electron chi connectivity index (χ4n) is 5.47. The molecule has 0 fully saturated rings. The molecule has 4 aromatic rings. The van der Waals surface area contributed by atoms with Gasteiger partial charge < -0.3 is 40.8 Å². The molecule has 4 rings (SSSR count). The molecule has 0 saturated carbocycles. The van der Waals surface area contributed by atoms with Crippen LogP contribution in [0.4, 0.5) is 0 Å². The SMILES string of the molecule is NCCCN(CC(=O)N(CC(=O)N(CC(N)=O)Cc1ccco1)Cc1ccccc1)C(=O)CN(Cc1ccccc1)C(=O)CNCc1ccccc1. The van der Waals surface area contributed by atoms with Gasteiger partial charge in [0, 0.05) is 26.2 Å². The highest BCUT2D eigenvalue weighted by molar-refractivity contribution is 5.91. The van der Waals surface area contributed by atoms with Crippen LogP contribution in [0.1, 0.15) is 28.9 Å². The summed E-state index contributed by atoms with van der Waals surface area (Å²) in [7, 11) is 0. The van der Waals surface area contributed by atoms with Gasteiger partial charge in [0.15, 0.2) is 0 Å². The Kier molecular flexibility index (Phi) is 15.6. The zero-order chi connectivity index (χ0) is 37.1. The second-order valence-electron chi connectivity index (χ2n) is 12.3. The molecule has 3 aromatic carbocycles. The lowest BCUT2D eigenvalue weighted by Gasteiger charge is -2.31. The van der Waals surface area contributed by atoms with Crippen LogP contribution in [0.15, 0.2) is 114 Å². The first-order valence-electron chi connectivity index (χ1n) is 17.2. The van der Waals surface area contributed by atoms with Crippen LogP contribution in [-0.4, -0.2) is 94.9 Å². The highest BCUT2D eigenvalue weighted by Gasteiger charge is 2.28. The Balaban J connectivity index is 1.51. The van der Waals surface area contributed by atoms with Crippen LogP contribution in [-0.2, 0) is 50.2 Å². The maximum atomic E-state index is 14.0. The third-order valence-corrected chi connectivity index (χ3v) is 8.18. The molecule has 13 nitrogen and oxygen atoms in total. The molecule has 5 N–H and O–H groups in total. The molecule has 0 bridgehead atoms. The van der Waals surface area contributed by atoms with E-state index in [2.05, 4.69) is 5.32 Å².